The molecule has 1 atom stereocenters. The van der Waals surface area contributed by atoms with Crippen LogP contribution in [0.1, 0.15) is 19.4 Å². The lowest BCUT2D eigenvalue weighted by Crippen LogP contribution is -2.40. The zero-order chi connectivity index (χ0) is 14.3. The minimum Gasteiger partial charge on any atom is -0.491 e. The first-order chi connectivity index (χ1) is 9.02. The van der Waals surface area contributed by atoms with Crippen molar-refractivity contribution in [1.82, 2.24) is 4.90 Å². The molecule has 0 heterocycles. The molecule has 19 heavy (non-hydrogen) atoms. The van der Waals surface area contributed by atoms with Crippen LogP contribution < -0.4 is 4.74 Å². The van der Waals surface area contributed by atoms with Gasteiger partial charge in [-0.1, -0.05) is 17.7 Å². The molecular weight excluding hydrogens is 240 g/mol. The van der Waals surface area contributed by atoms with Crippen molar-refractivity contribution in [2.75, 3.05) is 19.7 Å². The van der Waals surface area contributed by atoms with E-state index in [0.717, 1.165) is 5.75 Å². The van der Waals surface area contributed by atoms with E-state index in [1.165, 1.54) is 5.56 Å². The first-order valence-corrected chi connectivity index (χ1v) is 6.51. The molecule has 1 N–H and O–H groups in total. The summed E-state index contributed by atoms with van der Waals surface area (Å²) in [6.07, 6.45) is -0.600. The van der Waals surface area contributed by atoms with Crippen LogP contribution in [-0.2, 0) is 0 Å². The number of aryl methyl sites for hydroxylation is 1. The van der Waals surface area contributed by atoms with E-state index in [9.17, 15) is 5.11 Å². The van der Waals surface area contributed by atoms with Crippen LogP contribution in [0.5, 0.6) is 5.75 Å². The molecule has 0 spiro atoms. The number of hydrogen-bond acceptors (Lipinski definition) is 4. The Labute approximate surface area is 115 Å². The molecule has 0 saturated heterocycles. The highest BCUT2D eigenvalue weighted by atomic mass is 16.5. The van der Waals surface area contributed by atoms with Crippen molar-refractivity contribution in [2.45, 2.75) is 32.9 Å². The largest absolute Gasteiger partial charge is 0.491 e. The highest BCUT2D eigenvalue weighted by Gasteiger charge is 2.14. The number of aliphatic hydroxyl groups is 1. The summed E-state index contributed by atoms with van der Waals surface area (Å²) in [5.74, 6) is 0.751. The number of nitriles is 1. The third-order valence-electron chi connectivity index (χ3n) is 2.91. The molecule has 0 fully saturated rings. The van der Waals surface area contributed by atoms with Gasteiger partial charge in [0.2, 0.25) is 0 Å². The molecular formula is C15H22N2O2. The third-order valence-corrected chi connectivity index (χ3v) is 2.91. The molecule has 1 unspecified atom stereocenters. The second-order valence-corrected chi connectivity index (χ2v) is 4.96. The zero-order valence-electron chi connectivity index (χ0n) is 11.8. The van der Waals surface area contributed by atoms with Crippen LogP contribution in [0.15, 0.2) is 24.3 Å². The van der Waals surface area contributed by atoms with Gasteiger partial charge >= 0.3 is 0 Å². The lowest BCUT2D eigenvalue weighted by molar-refractivity contribution is 0.0628. The fourth-order valence-corrected chi connectivity index (χ4v) is 1.70. The molecule has 0 saturated carbocycles. The van der Waals surface area contributed by atoms with E-state index in [-0.39, 0.29) is 12.6 Å². The summed E-state index contributed by atoms with van der Waals surface area (Å²) in [7, 11) is 0. The predicted octanol–water partition coefficient (Wildman–Crippen LogP) is 1.97. The lowest BCUT2D eigenvalue weighted by Gasteiger charge is -2.26. The highest BCUT2D eigenvalue weighted by Crippen LogP contribution is 2.12. The van der Waals surface area contributed by atoms with Crippen molar-refractivity contribution >= 4 is 0 Å². The van der Waals surface area contributed by atoms with Crippen molar-refractivity contribution in [3.63, 3.8) is 0 Å². The average molecular weight is 262 g/mol. The highest BCUT2D eigenvalue weighted by molar-refractivity contribution is 5.26. The van der Waals surface area contributed by atoms with E-state index in [0.29, 0.717) is 13.1 Å². The summed E-state index contributed by atoms with van der Waals surface area (Å²) in [6.45, 7) is 7.02. The van der Waals surface area contributed by atoms with Gasteiger partial charge in [-0.15, -0.1) is 0 Å². The van der Waals surface area contributed by atoms with E-state index in [1.807, 2.05) is 49.9 Å². The van der Waals surface area contributed by atoms with Gasteiger partial charge < -0.3 is 9.84 Å². The van der Waals surface area contributed by atoms with Crippen LogP contribution in [0.4, 0.5) is 0 Å². The van der Waals surface area contributed by atoms with Crippen LogP contribution in [0, 0.1) is 18.3 Å². The number of ether oxygens (including phenoxy) is 1. The standard InChI is InChI=1S/C15H22N2O2/c1-12(2)17(9-8-16)10-14(18)11-19-15-6-4-13(3)5-7-15/h4-7,12,14,18H,9-11H2,1-3H3. The number of nitrogens with zero attached hydrogens (tertiary/aromatic N) is 2. The van der Waals surface area contributed by atoms with Crippen molar-refractivity contribution in [3.8, 4) is 11.8 Å². The van der Waals surface area contributed by atoms with Gasteiger partial charge in [-0.25, -0.2) is 0 Å². The molecule has 4 heteroatoms. The molecule has 0 amide bonds. The number of hydrogen-bond donors (Lipinski definition) is 1. The average Bonchev–Trinajstić information content (AvgIpc) is 2.37. The number of benzene rings is 1. The van der Waals surface area contributed by atoms with Crippen LogP contribution in [0.25, 0.3) is 0 Å². The minimum absolute atomic E-state index is 0.230. The maximum Gasteiger partial charge on any atom is 0.119 e. The Morgan fingerprint density at radius 2 is 1.95 bits per heavy atom. The molecule has 0 aliphatic carbocycles. The molecule has 0 aliphatic heterocycles. The molecule has 0 radical (unpaired) electrons. The summed E-state index contributed by atoms with van der Waals surface area (Å²) >= 11 is 0. The Morgan fingerprint density at radius 3 is 2.47 bits per heavy atom. The fourth-order valence-electron chi connectivity index (χ4n) is 1.70. The summed E-state index contributed by atoms with van der Waals surface area (Å²) in [4.78, 5) is 1.92. The zero-order valence-corrected chi connectivity index (χ0v) is 11.8. The van der Waals surface area contributed by atoms with Crippen LogP contribution >= 0.6 is 0 Å². The van der Waals surface area contributed by atoms with Crippen LogP contribution in [-0.4, -0.2) is 41.8 Å². The number of aliphatic hydroxyl groups excluding tert-OH is 1. The second kappa shape index (κ2) is 7.78. The van der Waals surface area contributed by atoms with Crippen molar-refractivity contribution < 1.29 is 9.84 Å². The Morgan fingerprint density at radius 1 is 1.32 bits per heavy atom. The van der Waals surface area contributed by atoms with Gasteiger partial charge in [-0.2, -0.15) is 5.26 Å². The van der Waals surface area contributed by atoms with E-state index in [4.69, 9.17) is 10.00 Å². The van der Waals surface area contributed by atoms with Gasteiger partial charge in [0, 0.05) is 12.6 Å². The van der Waals surface area contributed by atoms with E-state index in [1.54, 1.807) is 0 Å². The fraction of sp³-hybridized carbons (Fsp3) is 0.533. The van der Waals surface area contributed by atoms with Crippen molar-refractivity contribution in [2.24, 2.45) is 0 Å². The molecule has 1 aromatic rings. The van der Waals surface area contributed by atoms with Gasteiger partial charge in [0.15, 0.2) is 0 Å². The van der Waals surface area contributed by atoms with E-state index < -0.39 is 6.10 Å². The second-order valence-electron chi connectivity index (χ2n) is 4.96. The maximum atomic E-state index is 9.93. The van der Waals surface area contributed by atoms with Gasteiger partial charge in [0.1, 0.15) is 18.5 Å². The minimum atomic E-state index is -0.600. The van der Waals surface area contributed by atoms with Gasteiger partial charge in [0.05, 0.1) is 12.6 Å². The molecule has 1 rings (SSSR count). The Bertz CT molecular complexity index is 409. The SMILES string of the molecule is Cc1ccc(OCC(O)CN(CC#N)C(C)C)cc1. The quantitative estimate of drug-likeness (QED) is 0.763. The smallest absolute Gasteiger partial charge is 0.119 e. The van der Waals surface area contributed by atoms with E-state index in [2.05, 4.69) is 6.07 Å². The molecule has 1 aromatic carbocycles. The monoisotopic (exact) mass is 262 g/mol. The van der Waals surface area contributed by atoms with Crippen LogP contribution in [0.2, 0.25) is 0 Å². The molecule has 104 valence electrons. The Hall–Kier alpha value is -1.57. The topological polar surface area (TPSA) is 56.5 Å². The maximum absolute atomic E-state index is 9.93. The molecule has 0 aliphatic rings. The van der Waals surface area contributed by atoms with Crippen molar-refractivity contribution in [3.05, 3.63) is 29.8 Å². The van der Waals surface area contributed by atoms with E-state index >= 15 is 0 Å². The Kier molecular flexibility index (Phi) is 6.34. The lowest BCUT2D eigenvalue weighted by atomic mass is 10.2. The first kappa shape index (κ1) is 15.5. The molecule has 0 bridgehead atoms. The normalized spacial score (nSPS) is 12.5. The van der Waals surface area contributed by atoms with Gasteiger partial charge in [0.25, 0.3) is 0 Å². The predicted molar refractivity (Wildman–Crippen MR) is 75.0 cm³/mol. The summed E-state index contributed by atoms with van der Waals surface area (Å²) in [5, 5.41) is 18.7. The summed E-state index contributed by atoms with van der Waals surface area (Å²) in [5.41, 5.74) is 1.17. The summed E-state index contributed by atoms with van der Waals surface area (Å²) < 4.78 is 5.52. The molecule has 4 nitrogen and oxygen atoms in total. The first-order valence-electron chi connectivity index (χ1n) is 6.51. The Balaban J connectivity index is 2.40. The van der Waals surface area contributed by atoms with Crippen LogP contribution in [0.3, 0.4) is 0 Å². The van der Waals surface area contributed by atoms with Gasteiger partial charge in [-0.3, -0.25) is 4.90 Å². The molecule has 0 aromatic heterocycles. The third kappa shape index (κ3) is 5.73. The van der Waals surface area contributed by atoms with Gasteiger partial charge in [-0.05, 0) is 32.9 Å². The number of rotatable bonds is 7. The van der Waals surface area contributed by atoms with Crippen molar-refractivity contribution in [1.29, 1.82) is 5.26 Å². The summed E-state index contributed by atoms with van der Waals surface area (Å²) in [6, 6.07) is 10.1.